The van der Waals surface area contributed by atoms with Gasteiger partial charge in [0.25, 0.3) is 0 Å². The van der Waals surface area contributed by atoms with Crippen LogP contribution in [0.25, 0.3) is 0 Å². The number of nitrogens with zero attached hydrogens (tertiary/aromatic N) is 3. The summed E-state index contributed by atoms with van der Waals surface area (Å²) >= 11 is 0. The Balaban J connectivity index is 3.15. The van der Waals surface area contributed by atoms with Crippen molar-refractivity contribution in [2.75, 3.05) is 5.12 Å². The highest BCUT2D eigenvalue weighted by molar-refractivity contribution is 5.58. The molecule has 0 saturated heterocycles. The van der Waals surface area contributed by atoms with Gasteiger partial charge < -0.3 is 0 Å². The molecular weight excluding hydrogens is 198 g/mol. The van der Waals surface area contributed by atoms with Crippen molar-refractivity contribution in [3.05, 3.63) is 54.4 Å². The Bertz CT molecular complexity index is 489. The molecule has 0 atom stereocenters. The summed E-state index contributed by atoms with van der Waals surface area (Å²) in [5.41, 5.74) is 6.80. The fourth-order valence-electron chi connectivity index (χ4n) is 0.981. The van der Waals surface area contributed by atoms with Gasteiger partial charge in [-0.2, -0.15) is 0 Å². The Kier molecular flexibility index (Phi) is 4.37. The van der Waals surface area contributed by atoms with Crippen LogP contribution in [0.3, 0.4) is 0 Å². The molecule has 0 fully saturated rings. The van der Waals surface area contributed by atoms with Gasteiger partial charge >= 0.3 is 0 Å². The molecule has 0 radical (unpaired) electrons. The van der Waals surface area contributed by atoms with Crippen molar-refractivity contribution < 1.29 is 0 Å². The summed E-state index contributed by atoms with van der Waals surface area (Å²) in [5.74, 6) is 4.96. The van der Waals surface area contributed by atoms with Gasteiger partial charge in [0, 0.05) is 0 Å². The Labute approximate surface area is 94.7 Å². The van der Waals surface area contributed by atoms with E-state index in [1.54, 1.807) is 0 Å². The topological polar surface area (TPSA) is 28.0 Å². The van der Waals surface area contributed by atoms with Crippen molar-refractivity contribution in [1.29, 1.82) is 0 Å². The van der Waals surface area contributed by atoms with Crippen LogP contribution >= 0.6 is 0 Å². The summed E-state index contributed by atoms with van der Waals surface area (Å²) in [4.78, 5) is 0. The highest BCUT2D eigenvalue weighted by Gasteiger charge is 2.00. The molecule has 0 bridgehead atoms. The second-order valence-corrected chi connectivity index (χ2v) is 2.90. The molecule has 0 amide bonds. The Hall–Kier alpha value is -2.52. The molecule has 0 aliphatic heterocycles. The van der Waals surface area contributed by atoms with E-state index in [2.05, 4.69) is 46.6 Å². The summed E-state index contributed by atoms with van der Waals surface area (Å²) < 4.78 is 0. The SMILES string of the molecule is C=C=C=NN(N=C=C=C)c1ccc(C)cc1. The Morgan fingerprint density at radius 1 is 1.00 bits per heavy atom. The van der Waals surface area contributed by atoms with Gasteiger partial charge in [0.1, 0.15) is 0 Å². The molecule has 0 heterocycles. The minimum atomic E-state index is 0.788. The van der Waals surface area contributed by atoms with Crippen LogP contribution in [0.15, 0.2) is 59.1 Å². The first-order valence-corrected chi connectivity index (χ1v) is 4.60. The van der Waals surface area contributed by atoms with Crippen LogP contribution in [-0.2, 0) is 0 Å². The van der Waals surface area contributed by atoms with E-state index in [9.17, 15) is 0 Å². The van der Waals surface area contributed by atoms with Crippen LogP contribution in [0, 0.1) is 6.92 Å². The summed E-state index contributed by atoms with van der Waals surface area (Å²) in [6.45, 7) is 8.76. The van der Waals surface area contributed by atoms with Crippen molar-refractivity contribution in [2.24, 2.45) is 10.2 Å². The van der Waals surface area contributed by atoms with Gasteiger partial charge in [-0.15, -0.1) is 5.12 Å². The second-order valence-electron chi connectivity index (χ2n) is 2.90. The summed E-state index contributed by atoms with van der Waals surface area (Å²) in [7, 11) is 0. The minimum absolute atomic E-state index is 0.788. The molecule has 78 valence electrons. The zero-order chi connectivity index (χ0) is 11.8. The van der Waals surface area contributed by atoms with E-state index in [1.807, 2.05) is 31.2 Å². The van der Waals surface area contributed by atoms with E-state index in [-0.39, 0.29) is 0 Å². The van der Waals surface area contributed by atoms with Crippen molar-refractivity contribution in [3.63, 3.8) is 0 Å². The molecular formula is C13H11N3. The molecule has 3 heteroatoms. The molecule has 0 aliphatic rings. The van der Waals surface area contributed by atoms with Gasteiger partial charge in [0.05, 0.1) is 17.4 Å². The standard InChI is InChI=1S/C13H11N3/c1-4-10-14-16(15-11-5-2)13-8-6-12(3)7-9-13/h6-9H,1-2H2,3H3. The zero-order valence-corrected chi connectivity index (χ0v) is 9.07. The van der Waals surface area contributed by atoms with E-state index in [0.717, 1.165) is 11.3 Å². The van der Waals surface area contributed by atoms with Gasteiger partial charge in [-0.25, -0.2) is 0 Å². The fourth-order valence-corrected chi connectivity index (χ4v) is 0.981. The number of rotatable bonds is 3. The average Bonchev–Trinajstić information content (AvgIpc) is 2.31. The van der Waals surface area contributed by atoms with Crippen molar-refractivity contribution in [2.45, 2.75) is 6.92 Å². The molecule has 3 nitrogen and oxygen atoms in total. The van der Waals surface area contributed by atoms with Crippen LogP contribution in [0.4, 0.5) is 5.69 Å². The number of anilines is 1. The average molecular weight is 209 g/mol. The quantitative estimate of drug-likeness (QED) is 0.427. The minimum Gasteiger partial charge on any atom is -0.134 e. The van der Waals surface area contributed by atoms with Crippen LogP contribution in [0.5, 0.6) is 0 Å². The lowest BCUT2D eigenvalue weighted by Gasteiger charge is -2.08. The van der Waals surface area contributed by atoms with Gasteiger partial charge in [-0.1, -0.05) is 39.4 Å². The van der Waals surface area contributed by atoms with Crippen LogP contribution in [-0.4, -0.2) is 11.7 Å². The summed E-state index contributed by atoms with van der Waals surface area (Å²) in [5, 5.41) is 9.13. The van der Waals surface area contributed by atoms with E-state index in [1.165, 1.54) is 5.12 Å². The summed E-state index contributed by atoms with van der Waals surface area (Å²) in [6, 6.07) is 7.70. The lowest BCUT2D eigenvalue weighted by Crippen LogP contribution is -2.06. The normalized spacial score (nSPS) is 7.81. The first kappa shape index (κ1) is 11.6. The van der Waals surface area contributed by atoms with E-state index < -0.39 is 0 Å². The maximum Gasteiger partial charge on any atom is 0.0872 e. The first-order valence-electron chi connectivity index (χ1n) is 4.60. The number of aryl methyl sites for hydroxylation is 1. The number of hydrazone groups is 2. The van der Waals surface area contributed by atoms with Gasteiger partial charge in [0.2, 0.25) is 0 Å². The molecule has 16 heavy (non-hydrogen) atoms. The van der Waals surface area contributed by atoms with Gasteiger partial charge in [-0.05, 0) is 32.2 Å². The highest BCUT2D eigenvalue weighted by atomic mass is 15.7. The smallest absolute Gasteiger partial charge is 0.0872 e. The fraction of sp³-hybridized carbons (Fsp3) is 0.0769. The molecule has 1 aromatic carbocycles. The van der Waals surface area contributed by atoms with Crippen molar-refractivity contribution >= 4 is 17.4 Å². The van der Waals surface area contributed by atoms with Crippen molar-refractivity contribution in [3.8, 4) is 0 Å². The third kappa shape index (κ3) is 3.32. The maximum atomic E-state index is 3.89. The molecule has 0 unspecified atom stereocenters. The zero-order valence-electron chi connectivity index (χ0n) is 9.07. The number of hydrogen-bond acceptors (Lipinski definition) is 3. The van der Waals surface area contributed by atoms with E-state index in [0.29, 0.717) is 0 Å². The molecule has 0 aliphatic carbocycles. The molecule has 0 spiro atoms. The van der Waals surface area contributed by atoms with Crippen LogP contribution in [0.1, 0.15) is 5.56 Å². The second kappa shape index (κ2) is 6.06. The van der Waals surface area contributed by atoms with Gasteiger partial charge in [0.15, 0.2) is 0 Å². The lowest BCUT2D eigenvalue weighted by molar-refractivity contribution is 0.942. The maximum absolute atomic E-state index is 3.89. The van der Waals surface area contributed by atoms with E-state index in [4.69, 9.17) is 0 Å². The highest BCUT2D eigenvalue weighted by Crippen LogP contribution is 2.14. The Morgan fingerprint density at radius 3 is 1.94 bits per heavy atom. The number of hydrogen-bond donors (Lipinski definition) is 0. The molecule has 0 saturated carbocycles. The first-order chi connectivity index (χ1) is 7.77. The third-order valence-corrected chi connectivity index (χ3v) is 1.71. The van der Waals surface area contributed by atoms with Gasteiger partial charge in [-0.3, -0.25) is 0 Å². The predicted molar refractivity (Wildman–Crippen MR) is 66.8 cm³/mol. The molecule has 0 aromatic heterocycles. The van der Waals surface area contributed by atoms with Crippen LogP contribution in [0.2, 0.25) is 0 Å². The predicted octanol–water partition coefficient (Wildman–Crippen LogP) is 2.65. The Morgan fingerprint density at radius 2 is 1.50 bits per heavy atom. The molecule has 1 aromatic rings. The number of benzene rings is 1. The summed E-state index contributed by atoms with van der Waals surface area (Å²) in [6.07, 6.45) is 0. The molecule has 0 N–H and O–H groups in total. The van der Waals surface area contributed by atoms with Crippen molar-refractivity contribution in [1.82, 2.24) is 0 Å². The van der Waals surface area contributed by atoms with E-state index >= 15 is 0 Å². The largest absolute Gasteiger partial charge is 0.134 e. The third-order valence-electron chi connectivity index (χ3n) is 1.71. The lowest BCUT2D eigenvalue weighted by atomic mass is 10.2. The molecule has 1 rings (SSSR count). The monoisotopic (exact) mass is 209 g/mol. The van der Waals surface area contributed by atoms with Crippen LogP contribution < -0.4 is 5.12 Å².